The van der Waals surface area contributed by atoms with E-state index in [9.17, 15) is 0 Å². The lowest BCUT2D eigenvalue weighted by Gasteiger charge is -2.21. The Balaban J connectivity index is 1.87. The summed E-state index contributed by atoms with van der Waals surface area (Å²) < 4.78 is 0. The Morgan fingerprint density at radius 1 is 1.19 bits per heavy atom. The lowest BCUT2D eigenvalue weighted by atomic mass is 10.0. The third kappa shape index (κ3) is 2.92. The van der Waals surface area contributed by atoms with Crippen LogP contribution in [-0.2, 0) is 12.8 Å². The first-order valence-corrected chi connectivity index (χ1v) is 7.96. The minimum Gasteiger partial charge on any atom is -0.340 e. The molecule has 0 fully saturated rings. The van der Waals surface area contributed by atoms with Gasteiger partial charge in [0.1, 0.15) is 0 Å². The van der Waals surface area contributed by atoms with E-state index in [2.05, 4.69) is 54.3 Å². The van der Waals surface area contributed by atoms with Gasteiger partial charge < -0.3 is 10.6 Å². The molecule has 21 heavy (non-hydrogen) atoms. The second-order valence-electron chi connectivity index (χ2n) is 5.69. The van der Waals surface area contributed by atoms with Crippen LogP contribution in [0.4, 0.5) is 11.4 Å². The van der Waals surface area contributed by atoms with Gasteiger partial charge in [0.25, 0.3) is 0 Å². The van der Waals surface area contributed by atoms with Crippen molar-refractivity contribution in [1.82, 2.24) is 0 Å². The molecule has 3 heteroatoms. The van der Waals surface area contributed by atoms with E-state index in [1.54, 1.807) is 0 Å². The molecular weight excluding hydrogens is 280 g/mol. The summed E-state index contributed by atoms with van der Waals surface area (Å²) in [4.78, 5) is 2.31. The van der Waals surface area contributed by atoms with E-state index in [0.29, 0.717) is 0 Å². The third-order valence-electron chi connectivity index (χ3n) is 4.21. The predicted molar refractivity (Wildman–Crippen MR) is 90.6 cm³/mol. The molecule has 0 spiro atoms. The first-order valence-electron chi connectivity index (χ1n) is 7.58. The zero-order valence-corrected chi connectivity index (χ0v) is 13.1. The summed E-state index contributed by atoms with van der Waals surface area (Å²) in [5, 5.41) is 0.813. The zero-order chi connectivity index (χ0) is 14.8. The number of para-hydroxylation sites is 1. The fraction of sp³-hybridized carbons (Fsp3) is 0.333. The molecule has 0 aliphatic carbocycles. The van der Waals surface area contributed by atoms with Crippen LogP contribution in [0.3, 0.4) is 0 Å². The molecule has 110 valence electrons. The van der Waals surface area contributed by atoms with Crippen LogP contribution in [0.5, 0.6) is 0 Å². The second-order valence-corrected chi connectivity index (χ2v) is 6.10. The van der Waals surface area contributed by atoms with Crippen molar-refractivity contribution < 1.29 is 0 Å². The monoisotopic (exact) mass is 300 g/mol. The SMILES string of the molecule is CCC(N)Cc1ccc(N2CCc3ccccc32)c(Cl)c1. The van der Waals surface area contributed by atoms with Gasteiger partial charge in [-0.15, -0.1) is 0 Å². The van der Waals surface area contributed by atoms with E-state index in [1.165, 1.54) is 16.8 Å². The standard InChI is InChI=1S/C18H21ClN2/c1-2-15(20)11-13-7-8-18(16(19)12-13)21-10-9-14-5-3-4-6-17(14)21/h3-8,12,15H,2,9-11,20H2,1H3. The molecule has 1 aliphatic rings. The number of anilines is 2. The molecule has 2 aromatic carbocycles. The number of halogens is 1. The van der Waals surface area contributed by atoms with Gasteiger partial charge in [-0.1, -0.05) is 42.8 Å². The summed E-state index contributed by atoms with van der Waals surface area (Å²) in [7, 11) is 0. The maximum atomic E-state index is 6.52. The number of rotatable bonds is 4. The molecule has 0 aromatic heterocycles. The minimum absolute atomic E-state index is 0.208. The average molecular weight is 301 g/mol. The summed E-state index contributed by atoms with van der Waals surface area (Å²) >= 11 is 6.52. The Kier molecular flexibility index (Phi) is 4.18. The van der Waals surface area contributed by atoms with Gasteiger partial charge >= 0.3 is 0 Å². The number of nitrogens with two attached hydrogens (primary N) is 1. The van der Waals surface area contributed by atoms with Crippen molar-refractivity contribution in [3.05, 3.63) is 58.6 Å². The van der Waals surface area contributed by atoms with E-state index < -0.39 is 0 Å². The Morgan fingerprint density at radius 2 is 2.00 bits per heavy atom. The maximum absolute atomic E-state index is 6.52. The fourth-order valence-electron chi connectivity index (χ4n) is 2.93. The molecule has 0 saturated heterocycles. The molecule has 1 unspecified atom stereocenters. The van der Waals surface area contributed by atoms with Gasteiger partial charge in [-0.25, -0.2) is 0 Å². The first-order chi connectivity index (χ1) is 10.2. The average Bonchev–Trinajstić information content (AvgIpc) is 2.91. The van der Waals surface area contributed by atoms with Gasteiger partial charge in [-0.05, 0) is 48.6 Å². The molecule has 0 radical (unpaired) electrons. The molecule has 0 bridgehead atoms. The molecule has 3 rings (SSSR count). The zero-order valence-electron chi connectivity index (χ0n) is 12.3. The highest BCUT2D eigenvalue weighted by molar-refractivity contribution is 6.33. The molecule has 1 heterocycles. The van der Waals surface area contributed by atoms with Gasteiger partial charge in [0, 0.05) is 18.3 Å². The van der Waals surface area contributed by atoms with Crippen LogP contribution in [0, 0.1) is 0 Å². The molecule has 0 saturated carbocycles. The Morgan fingerprint density at radius 3 is 2.76 bits per heavy atom. The number of hydrogen-bond acceptors (Lipinski definition) is 2. The van der Waals surface area contributed by atoms with Gasteiger partial charge in [0.2, 0.25) is 0 Å². The summed E-state index contributed by atoms with van der Waals surface area (Å²) in [5.41, 5.74) is 11.0. The molecule has 2 nitrogen and oxygen atoms in total. The van der Waals surface area contributed by atoms with E-state index in [1.807, 2.05) is 0 Å². The highest BCUT2D eigenvalue weighted by Gasteiger charge is 2.21. The number of hydrogen-bond donors (Lipinski definition) is 1. The lowest BCUT2D eigenvalue weighted by molar-refractivity contribution is 0.646. The Labute approximate surface area is 131 Å². The van der Waals surface area contributed by atoms with Crippen molar-refractivity contribution in [2.45, 2.75) is 32.2 Å². The van der Waals surface area contributed by atoms with Gasteiger partial charge in [-0.2, -0.15) is 0 Å². The normalized spacial score (nSPS) is 15.1. The van der Waals surface area contributed by atoms with Crippen molar-refractivity contribution in [2.75, 3.05) is 11.4 Å². The smallest absolute Gasteiger partial charge is 0.0645 e. The van der Waals surface area contributed by atoms with Crippen molar-refractivity contribution in [3.8, 4) is 0 Å². The lowest BCUT2D eigenvalue weighted by Crippen LogP contribution is -2.21. The fourth-order valence-corrected chi connectivity index (χ4v) is 3.24. The first kappa shape index (κ1) is 14.4. The van der Waals surface area contributed by atoms with Crippen molar-refractivity contribution in [1.29, 1.82) is 0 Å². The van der Waals surface area contributed by atoms with Crippen molar-refractivity contribution in [3.63, 3.8) is 0 Å². The van der Waals surface area contributed by atoms with Crippen LogP contribution >= 0.6 is 11.6 Å². The largest absolute Gasteiger partial charge is 0.340 e. The van der Waals surface area contributed by atoms with E-state index in [4.69, 9.17) is 17.3 Å². The van der Waals surface area contributed by atoms with Crippen molar-refractivity contribution >= 4 is 23.0 Å². The highest BCUT2D eigenvalue weighted by atomic mass is 35.5. The summed E-state index contributed by atoms with van der Waals surface area (Å²) in [6, 6.07) is 15.1. The summed E-state index contributed by atoms with van der Waals surface area (Å²) in [6.45, 7) is 3.11. The molecule has 0 amide bonds. The van der Waals surface area contributed by atoms with Crippen LogP contribution in [0.2, 0.25) is 5.02 Å². The molecule has 1 atom stereocenters. The molecular formula is C18H21ClN2. The second kappa shape index (κ2) is 6.08. The minimum atomic E-state index is 0.208. The molecule has 2 aromatic rings. The molecule has 1 aliphatic heterocycles. The van der Waals surface area contributed by atoms with Crippen LogP contribution in [-0.4, -0.2) is 12.6 Å². The maximum Gasteiger partial charge on any atom is 0.0645 e. The summed E-state index contributed by atoms with van der Waals surface area (Å²) in [5.74, 6) is 0. The van der Waals surface area contributed by atoms with Crippen LogP contribution in [0.25, 0.3) is 0 Å². The predicted octanol–water partition coefficient (Wildman–Crippen LogP) is 4.31. The number of fused-ring (bicyclic) bond motifs is 1. The Bertz CT molecular complexity index is 639. The van der Waals surface area contributed by atoms with E-state index in [-0.39, 0.29) is 6.04 Å². The highest BCUT2D eigenvalue weighted by Crippen LogP contribution is 2.38. The van der Waals surface area contributed by atoms with E-state index in [0.717, 1.165) is 36.5 Å². The van der Waals surface area contributed by atoms with Crippen LogP contribution in [0.1, 0.15) is 24.5 Å². The quantitative estimate of drug-likeness (QED) is 0.911. The van der Waals surface area contributed by atoms with Crippen LogP contribution in [0.15, 0.2) is 42.5 Å². The third-order valence-corrected chi connectivity index (χ3v) is 4.52. The van der Waals surface area contributed by atoms with Crippen LogP contribution < -0.4 is 10.6 Å². The Hall–Kier alpha value is -1.51. The van der Waals surface area contributed by atoms with E-state index >= 15 is 0 Å². The van der Waals surface area contributed by atoms with Gasteiger partial charge in [0.05, 0.1) is 10.7 Å². The van der Waals surface area contributed by atoms with Gasteiger partial charge in [0.15, 0.2) is 0 Å². The van der Waals surface area contributed by atoms with Gasteiger partial charge in [-0.3, -0.25) is 0 Å². The molecule has 2 N–H and O–H groups in total. The number of nitrogens with zero attached hydrogens (tertiary/aromatic N) is 1. The van der Waals surface area contributed by atoms with Crippen molar-refractivity contribution in [2.24, 2.45) is 5.73 Å². The summed E-state index contributed by atoms with van der Waals surface area (Å²) in [6.07, 6.45) is 2.95. The topological polar surface area (TPSA) is 29.3 Å². The number of benzene rings is 2.